The number of Topliss-reactive ketones (excluding diaryl/α,β-unsaturated/α-hetero) is 5. The van der Waals surface area contributed by atoms with Gasteiger partial charge in [0.05, 0.1) is 22.3 Å². The third kappa shape index (κ3) is 17.5. The Kier molecular flexibility index (Phi) is 21.2. The van der Waals surface area contributed by atoms with Crippen molar-refractivity contribution in [2.75, 3.05) is 13.1 Å². The summed E-state index contributed by atoms with van der Waals surface area (Å²) in [4.78, 5) is 113. The monoisotopic (exact) mass is 840 g/mol. The van der Waals surface area contributed by atoms with E-state index < -0.39 is 59.1 Å². The third-order valence-corrected chi connectivity index (χ3v) is 11.1. The number of nitrogens with zero attached hydrogens (tertiary/aromatic N) is 2. The van der Waals surface area contributed by atoms with E-state index >= 15 is 0 Å². The number of guanidine groups is 1. The van der Waals surface area contributed by atoms with Gasteiger partial charge < -0.3 is 38.4 Å². The second-order valence-corrected chi connectivity index (χ2v) is 17.1. The van der Waals surface area contributed by atoms with Gasteiger partial charge in [-0.05, 0) is 89.0 Å². The smallest absolute Gasteiger partial charge is 0.224 e. The Morgan fingerprint density at radius 3 is 2.03 bits per heavy atom. The van der Waals surface area contributed by atoms with Gasteiger partial charge in [0.2, 0.25) is 23.5 Å². The first kappa shape index (κ1) is 50.2. The van der Waals surface area contributed by atoms with Gasteiger partial charge >= 0.3 is 0 Å². The molecular formula is C42H64N8O8S. The van der Waals surface area contributed by atoms with Crippen LogP contribution in [0, 0.1) is 29.6 Å². The fourth-order valence-corrected chi connectivity index (χ4v) is 7.92. The Balaban J connectivity index is 2.41. The lowest BCUT2D eigenvalue weighted by Gasteiger charge is -2.25. The van der Waals surface area contributed by atoms with E-state index in [1.54, 1.807) is 18.2 Å². The fourth-order valence-electron chi connectivity index (χ4n) is 6.92. The Hall–Kier alpha value is -4.90. The summed E-state index contributed by atoms with van der Waals surface area (Å²) < 4.78 is 0.575. The molecule has 0 aliphatic rings. The zero-order valence-electron chi connectivity index (χ0n) is 35.3. The number of hydrogen-bond donors (Lipinski definition) is 6. The maximum Gasteiger partial charge on any atom is 0.224 e. The van der Waals surface area contributed by atoms with E-state index in [-0.39, 0.29) is 91.6 Å². The number of carbonyl (C=O) groups is 8. The number of nitrogens with two attached hydrogens (primary N) is 4. The largest absolute Gasteiger partial charge is 0.370 e. The van der Waals surface area contributed by atoms with Gasteiger partial charge in [0.15, 0.2) is 22.5 Å². The predicted octanol–water partition coefficient (Wildman–Crippen LogP) is 3.55. The van der Waals surface area contributed by atoms with Crippen molar-refractivity contribution in [2.24, 2.45) is 57.5 Å². The van der Waals surface area contributed by atoms with E-state index in [4.69, 9.17) is 22.9 Å². The number of rotatable bonds is 29. The van der Waals surface area contributed by atoms with Gasteiger partial charge in [0, 0.05) is 55.5 Å². The number of fused-ring (bicyclic) bond motifs is 1. The van der Waals surface area contributed by atoms with Gasteiger partial charge in [-0.2, -0.15) is 0 Å². The summed E-state index contributed by atoms with van der Waals surface area (Å²) in [6.07, 6.45) is 1.74. The van der Waals surface area contributed by atoms with Crippen LogP contribution in [0.15, 0.2) is 23.2 Å². The quantitative estimate of drug-likeness (QED) is 0.0297. The van der Waals surface area contributed by atoms with Crippen molar-refractivity contribution in [1.29, 1.82) is 0 Å². The zero-order chi connectivity index (χ0) is 44.4. The fraction of sp³-hybridized carbons (Fsp3) is 0.619. The molecule has 1 aromatic heterocycles. The van der Waals surface area contributed by atoms with Gasteiger partial charge in [-0.25, -0.2) is 4.98 Å². The highest BCUT2D eigenvalue weighted by atomic mass is 32.1. The number of hydrogen-bond acceptors (Lipinski definition) is 12. The number of nitrogens with one attached hydrogen (secondary N) is 2. The molecule has 0 saturated carbocycles. The van der Waals surface area contributed by atoms with Crippen LogP contribution in [-0.4, -0.2) is 82.8 Å². The van der Waals surface area contributed by atoms with Crippen LogP contribution in [0.3, 0.4) is 0 Å². The van der Waals surface area contributed by atoms with Crippen molar-refractivity contribution in [2.45, 2.75) is 124 Å². The Morgan fingerprint density at radius 2 is 1.46 bits per heavy atom. The van der Waals surface area contributed by atoms with Crippen LogP contribution < -0.4 is 33.6 Å². The summed E-state index contributed by atoms with van der Waals surface area (Å²) in [5, 5.41) is 5.67. The van der Waals surface area contributed by atoms with Crippen LogP contribution in [0.2, 0.25) is 0 Å². The highest BCUT2D eigenvalue weighted by Crippen LogP contribution is 2.28. The lowest BCUT2D eigenvalue weighted by Crippen LogP contribution is -2.47. The summed E-state index contributed by atoms with van der Waals surface area (Å²) in [6.45, 7) is 11.0. The van der Waals surface area contributed by atoms with Crippen molar-refractivity contribution >= 4 is 74.2 Å². The highest BCUT2D eigenvalue weighted by Gasteiger charge is 2.33. The average molecular weight is 841 g/mol. The first-order valence-electron chi connectivity index (χ1n) is 20.4. The highest BCUT2D eigenvalue weighted by molar-refractivity contribution is 7.20. The maximum absolute atomic E-state index is 14.1. The van der Waals surface area contributed by atoms with E-state index in [0.29, 0.717) is 48.0 Å². The normalized spacial score (nSPS) is 13.9. The predicted molar refractivity (Wildman–Crippen MR) is 228 cm³/mol. The number of aliphatic imine (C=N–C) groups is 1. The Labute approximate surface area is 350 Å². The molecule has 16 nitrogen and oxygen atoms in total. The summed E-state index contributed by atoms with van der Waals surface area (Å²) in [5.41, 5.74) is 22.9. The molecule has 3 amide bonds. The number of benzene rings is 1. The molecule has 5 atom stereocenters. The standard InChI is InChI=1S/C42H64N8O8S/c1-23(2)18-29(20-35(54)31(14-15-37(44)55)48-39(57)28(19-25(5)51)10-7-8-16-43)40(58)49-33(11-9-17-47-42(45)46)38(56)41-50-32-13-12-27(21-36(32)59-41)34(53)22-30(24(3)4)26(6)52/h12-13,21,23-24,28-31,33H,7-11,14-20,22,43H2,1-6H3,(H2,44,55)(H,48,57)(H,49,58)(H4,45,46,47)/t28-,29-,30+,31+,33+/m1/s1. The lowest BCUT2D eigenvalue weighted by atomic mass is 9.86. The number of primary amides is 1. The Morgan fingerprint density at radius 1 is 0.797 bits per heavy atom. The molecule has 0 aliphatic heterocycles. The summed E-state index contributed by atoms with van der Waals surface area (Å²) in [6, 6.07) is 2.66. The molecule has 0 fully saturated rings. The number of unbranched alkanes of at least 4 members (excludes halogenated alkanes) is 1. The topological polar surface area (TPSA) is 290 Å². The Bertz CT molecular complexity index is 1840. The minimum atomic E-state index is -1.16. The van der Waals surface area contributed by atoms with Gasteiger partial charge in [-0.1, -0.05) is 34.1 Å². The molecule has 1 aromatic carbocycles. The molecule has 2 aromatic rings. The number of carbonyl (C=O) groups excluding carboxylic acids is 8. The minimum Gasteiger partial charge on any atom is -0.370 e. The molecule has 10 N–H and O–H groups in total. The summed E-state index contributed by atoms with van der Waals surface area (Å²) in [5.74, 6) is -5.45. The first-order chi connectivity index (χ1) is 27.7. The molecule has 17 heteroatoms. The molecule has 0 spiro atoms. The number of thiazole rings is 1. The molecule has 0 bridgehead atoms. The van der Waals surface area contributed by atoms with Crippen LogP contribution in [0.4, 0.5) is 0 Å². The van der Waals surface area contributed by atoms with Crippen molar-refractivity contribution in [3.63, 3.8) is 0 Å². The molecule has 326 valence electrons. The minimum absolute atomic E-state index is 0.0117. The van der Waals surface area contributed by atoms with Gasteiger partial charge in [0.1, 0.15) is 11.6 Å². The molecule has 0 aliphatic carbocycles. The average Bonchev–Trinajstić information content (AvgIpc) is 3.58. The van der Waals surface area contributed by atoms with Crippen molar-refractivity contribution in [3.8, 4) is 0 Å². The molecule has 0 radical (unpaired) electrons. The number of aromatic nitrogens is 1. The van der Waals surface area contributed by atoms with Gasteiger partial charge in [-0.15, -0.1) is 11.3 Å². The van der Waals surface area contributed by atoms with Crippen molar-refractivity contribution < 1.29 is 38.4 Å². The first-order valence-corrected chi connectivity index (χ1v) is 21.2. The van der Waals surface area contributed by atoms with Crippen LogP contribution >= 0.6 is 11.3 Å². The second kappa shape index (κ2) is 24.9. The van der Waals surface area contributed by atoms with Gasteiger partial charge in [0.25, 0.3) is 0 Å². The third-order valence-electron chi connectivity index (χ3n) is 10.1. The van der Waals surface area contributed by atoms with Crippen LogP contribution in [0.1, 0.15) is 132 Å². The van der Waals surface area contributed by atoms with E-state index in [1.165, 1.54) is 13.8 Å². The van der Waals surface area contributed by atoms with E-state index in [9.17, 15) is 38.4 Å². The summed E-state index contributed by atoms with van der Waals surface area (Å²) >= 11 is 1.07. The summed E-state index contributed by atoms with van der Waals surface area (Å²) in [7, 11) is 0. The SMILES string of the molecule is CC(=O)C[C@@H](CCCCN)C(=O)N[C@@H](CCC(N)=O)C(=O)C[C@@H](CC(C)C)C(=O)N[C@@H](CCCN=C(N)N)C(=O)c1nc2ccc(C(=O)C[C@H](C(C)=O)C(C)C)cc2s1. The van der Waals surface area contributed by atoms with E-state index in [1.807, 2.05) is 27.7 Å². The second-order valence-electron chi connectivity index (χ2n) is 16.1. The maximum atomic E-state index is 14.1. The molecule has 59 heavy (non-hydrogen) atoms. The molecular weight excluding hydrogens is 777 g/mol. The van der Waals surface area contributed by atoms with Gasteiger partial charge in [-0.3, -0.25) is 38.6 Å². The van der Waals surface area contributed by atoms with Crippen molar-refractivity contribution in [3.05, 3.63) is 28.8 Å². The molecule has 1 heterocycles. The number of amides is 3. The van der Waals surface area contributed by atoms with Crippen LogP contribution in [0.5, 0.6) is 0 Å². The number of ketones is 5. The van der Waals surface area contributed by atoms with Crippen LogP contribution in [-0.2, 0) is 28.8 Å². The molecule has 0 saturated heterocycles. The van der Waals surface area contributed by atoms with Crippen LogP contribution in [0.25, 0.3) is 10.2 Å². The van der Waals surface area contributed by atoms with Crippen molar-refractivity contribution in [1.82, 2.24) is 15.6 Å². The van der Waals surface area contributed by atoms with E-state index in [0.717, 1.165) is 11.3 Å². The molecule has 0 unspecified atom stereocenters. The zero-order valence-corrected chi connectivity index (χ0v) is 36.2. The van der Waals surface area contributed by atoms with E-state index in [2.05, 4.69) is 20.6 Å². The lowest BCUT2D eigenvalue weighted by molar-refractivity contribution is -0.134. The molecule has 2 rings (SSSR count).